The van der Waals surface area contributed by atoms with E-state index >= 15 is 0 Å². The molecule has 0 saturated heterocycles. The topological polar surface area (TPSA) is 4.93 Å². The van der Waals surface area contributed by atoms with Crippen molar-refractivity contribution < 1.29 is 51.0 Å². The maximum atomic E-state index is 2.51. The van der Waals surface area contributed by atoms with Gasteiger partial charge in [0, 0.05) is 23.1 Å². The fraction of sp³-hybridized carbons (Fsp3) is 0.250. The first-order valence-electron chi connectivity index (χ1n) is 11.0. The second-order valence-electron chi connectivity index (χ2n) is 9.61. The Morgan fingerprint density at radius 2 is 1.55 bits per heavy atom. The summed E-state index contributed by atoms with van der Waals surface area (Å²) in [6.07, 6.45) is 2.24. The van der Waals surface area contributed by atoms with Gasteiger partial charge in [-0.15, -0.1) is 40.6 Å². The molecule has 1 aromatic heterocycles. The fourth-order valence-corrected chi connectivity index (χ4v) is 9.97. The van der Waals surface area contributed by atoms with E-state index in [4.69, 9.17) is 0 Å². The molecular formula is C28H30Cl2NSiZr. The Morgan fingerprint density at radius 3 is 2.15 bits per heavy atom. The van der Waals surface area contributed by atoms with Crippen molar-refractivity contribution in [1.82, 2.24) is 4.57 Å². The van der Waals surface area contributed by atoms with E-state index in [1.54, 1.807) is 16.3 Å². The zero-order valence-electron chi connectivity index (χ0n) is 19.9. The molecule has 0 N–H and O–H groups in total. The van der Waals surface area contributed by atoms with Crippen LogP contribution < -0.4 is 24.8 Å². The molecule has 0 fully saturated rings. The number of nitrogens with zero attached hydrogens (tertiary/aromatic N) is 1. The normalized spacial score (nSPS) is 16.6. The number of hydrogen-bond donors (Lipinski definition) is 0. The average Bonchev–Trinajstić information content (AvgIpc) is 3.45. The first-order valence-corrected chi connectivity index (χ1v) is 14.1. The summed E-state index contributed by atoms with van der Waals surface area (Å²) < 4.78 is 2.38. The van der Waals surface area contributed by atoms with Crippen LogP contribution in [0, 0.1) is 0 Å². The van der Waals surface area contributed by atoms with Gasteiger partial charge in [-0.1, -0.05) is 56.8 Å². The molecule has 5 heteroatoms. The van der Waals surface area contributed by atoms with Crippen molar-refractivity contribution in [3.05, 3.63) is 101 Å². The van der Waals surface area contributed by atoms with Gasteiger partial charge in [-0.3, -0.25) is 0 Å². The standard InChI is InChI=1S/C16H17NSi.C12H13.2ClH.Zr/c1-11-15-13-9-10-17(12-7-5-4-6-8-12)14(13)16(11)18(15,2)3;1-9(2)12-7-10-5-3-4-6-11(10)8-12;;;/h4-10,15H,1-3H3;3-9H,1-2H3;2*1H;/q;-1;;;+3/p-2. The Kier molecular flexibility index (Phi) is 8.96. The maximum Gasteiger partial charge on any atom is 3.00 e. The van der Waals surface area contributed by atoms with Crippen molar-refractivity contribution in [2.75, 3.05) is 0 Å². The van der Waals surface area contributed by atoms with Gasteiger partial charge in [0.25, 0.3) is 0 Å². The van der Waals surface area contributed by atoms with Crippen LogP contribution in [0.4, 0.5) is 0 Å². The molecule has 7 rings (SSSR count). The molecule has 3 aliphatic rings. The van der Waals surface area contributed by atoms with Crippen molar-refractivity contribution in [3.63, 3.8) is 0 Å². The van der Waals surface area contributed by atoms with E-state index in [2.05, 4.69) is 117 Å². The quantitative estimate of drug-likeness (QED) is 0.256. The molecule has 0 saturated carbocycles. The Balaban J connectivity index is 0.000000229. The first-order chi connectivity index (χ1) is 14.4. The van der Waals surface area contributed by atoms with Crippen molar-refractivity contribution >= 4 is 24.0 Å². The van der Waals surface area contributed by atoms with E-state index in [9.17, 15) is 0 Å². The summed E-state index contributed by atoms with van der Waals surface area (Å²) in [5.41, 5.74) is 8.25. The van der Waals surface area contributed by atoms with E-state index in [1.165, 1.54) is 27.7 Å². The molecule has 0 amide bonds. The molecule has 3 heterocycles. The number of aromatic nitrogens is 1. The van der Waals surface area contributed by atoms with E-state index in [-0.39, 0.29) is 51.0 Å². The Morgan fingerprint density at radius 1 is 0.909 bits per heavy atom. The summed E-state index contributed by atoms with van der Waals surface area (Å²) in [6.45, 7) is 11.8. The maximum absolute atomic E-state index is 2.51. The van der Waals surface area contributed by atoms with E-state index in [0.717, 1.165) is 5.54 Å². The minimum atomic E-state index is -1.17. The van der Waals surface area contributed by atoms with E-state index < -0.39 is 8.07 Å². The zero-order valence-corrected chi connectivity index (χ0v) is 24.8. The van der Waals surface area contributed by atoms with Gasteiger partial charge in [-0.05, 0) is 41.8 Å². The van der Waals surface area contributed by atoms with Crippen LogP contribution in [0.5, 0.6) is 0 Å². The van der Waals surface area contributed by atoms with Crippen molar-refractivity contribution in [2.24, 2.45) is 0 Å². The number of allylic oxidation sites excluding steroid dienone is 1. The van der Waals surface area contributed by atoms with Gasteiger partial charge >= 0.3 is 26.2 Å². The van der Waals surface area contributed by atoms with Gasteiger partial charge < -0.3 is 29.4 Å². The summed E-state index contributed by atoms with van der Waals surface area (Å²) in [5, 5.41) is 4.43. The molecule has 1 nitrogen and oxygen atoms in total. The van der Waals surface area contributed by atoms with Gasteiger partial charge in [0.05, 0.1) is 8.07 Å². The summed E-state index contributed by atoms with van der Waals surface area (Å²) in [7, 11) is -1.17. The van der Waals surface area contributed by atoms with Crippen LogP contribution in [0.15, 0.2) is 84.6 Å². The molecular weight excluding hydrogens is 541 g/mol. The molecule has 33 heavy (non-hydrogen) atoms. The van der Waals surface area contributed by atoms with Crippen molar-refractivity contribution in [2.45, 2.75) is 45.3 Å². The molecule has 4 aromatic rings. The summed E-state index contributed by atoms with van der Waals surface area (Å²) in [5.74, 6) is 0.636. The monoisotopic (exact) mass is 568 g/mol. The minimum absolute atomic E-state index is 0. The largest absolute Gasteiger partial charge is 3.00 e. The predicted octanol–water partition coefficient (Wildman–Crippen LogP) is 1.84. The number of rotatable bonds is 2. The minimum Gasteiger partial charge on any atom is -1.00 e. The number of hydrogen-bond acceptors (Lipinski definition) is 0. The molecule has 1 radical (unpaired) electrons. The van der Waals surface area contributed by atoms with Crippen LogP contribution in [0.1, 0.15) is 49.1 Å². The van der Waals surface area contributed by atoms with Crippen LogP contribution in [-0.4, -0.2) is 12.6 Å². The third-order valence-electron chi connectivity index (χ3n) is 7.00. The smallest absolute Gasteiger partial charge is 1.00 e. The number of fused-ring (bicyclic) bond motifs is 1. The van der Waals surface area contributed by atoms with Gasteiger partial charge in [0.1, 0.15) is 0 Å². The summed E-state index contributed by atoms with van der Waals surface area (Å²) >= 11 is 0. The van der Waals surface area contributed by atoms with Gasteiger partial charge in [-0.25, -0.2) is 0 Å². The third kappa shape index (κ3) is 4.55. The SMILES string of the molecule is CC(C)c1cc2ccccc2[cH-]1.CC1=C2c3c(ccn3-c3ccccc3)C1[Si]2(C)C.[Cl-].[Cl-].[Zr+3]. The molecule has 1 aliphatic carbocycles. The molecule has 2 bridgehead atoms. The van der Waals surface area contributed by atoms with Crippen LogP contribution in [0.2, 0.25) is 13.1 Å². The molecule has 2 aliphatic heterocycles. The second-order valence-corrected chi connectivity index (χ2v) is 14.1. The zero-order chi connectivity index (χ0) is 21.0. The summed E-state index contributed by atoms with van der Waals surface area (Å²) in [4.78, 5) is 0. The van der Waals surface area contributed by atoms with Crippen LogP contribution >= 0.6 is 0 Å². The average molecular weight is 571 g/mol. The van der Waals surface area contributed by atoms with Crippen LogP contribution in [-0.2, 0) is 26.2 Å². The van der Waals surface area contributed by atoms with Gasteiger partial charge in [-0.2, -0.15) is 6.07 Å². The molecule has 1 unspecified atom stereocenters. The Labute approximate surface area is 230 Å². The molecule has 3 aromatic carbocycles. The Hall–Kier alpha value is -1.25. The fourth-order valence-electron chi connectivity index (χ4n) is 5.63. The summed E-state index contributed by atoms with van der Waals surface area (Å²) in [6, 6.07) is 26.1. The van der Waals surface area contributed by atoms with Crippen molar-refractivity contribution in [3.8, 4) is 5.69 Å². The third-order valence-corrected chi connectivity index (χ3v) is 11.1. The Bertz CT molecular complexity index is 1230. The van der Waals surface area contributed by atoms with Gasteiger partial charge in [0.2, 0.25) is 0 Å². The number of halogens is 2. The van der Waals surface area contributed by atoms with Crippen molar-refractivity contribution in [1.29, 1.82) is 0 Å². The molecule has 1 atom stereocenters. The molecule has 169 valence electrons. The predicted molar refractivity (Wildman–Crippen MR) is 132 cm³/mol. The second kappa shape index (κ2) is 10.6. The molecule has 0 spiro atoms. The first kappa shape index (κ1) is 28.0. The van der Waals surface area contributed by atoms with Gasteiger partial charge in [0.15, 0.2) is 0 Å². The van der Waals surface area contributed by atoms with E-state index in [1.807, 2.05) is 0 Å². The van der Waals surface area contributed by atoms with E-state index in [0.29, 0.717) is 5.92 Å². The van der Waals surface area contributed by atoms with Crippen LogP contribution in [0.25, 0.3) is 21.7 Å². The number of benzene rings is 2. The number of para-hydroxylation sites is 1. The van der Waals surface area contributed by atoms with Crippen LogP contribution in [0.3, 0.4) is 0 Å².